The van der Waals surface area contributed by atoms with Crippen LogP contribution in [0, 0.1) is 0 Å². The molecule has 0 aliphatic carbocycles. The quantitative estimate of drug-likeness (QED) is 0.685. The van der Waals surface area contributed by atoms with E-state index in [0.29, 0.717) is 0 Å². The Morgan fingerprint density at radius 2 is 1.89 bits per heavy atom. The molecule has 0 saturated heterocycles. The van der Waals surface area contributed by atoms with E-state index in [9.17, 15) is 0 Å². The third-order valence-electron chi connectivity index (χ3n) is 2.98. The van der Waals surface area contributed by atoms with Gasteiger partial charge in [-0.2, -0.15) is 0 Å². The summed E-state index contributed by atoms with van der Waals surface area (Å²) in [6.45, 7) is 3.06. The van der Waals surface area contributed by atoms with E-state index in [1.165, 1.54) is 0 Å². The minimum absolute atomic E-state index is 0.252. The predicted molar refractivity (Wildman–Crippen MR) is 76.1 cm³/mol. The molecule has 0 amide bonds. The number of halogens is 1. The first-order chi connectivity index (χ1) is 9.29. The van der Waals surface area contributed by atoms with Gasteiger partial charge >= 0.3 is 0 Å². The first-order valence-electron chi connectivity index (χ1n) is 6.23. The van der Waals surface area contributed by atoms with Crippen molar-refractivity contribution < 1.29 is 0 Å². The lowest BCUT2D eigenvalue weighted by Gasteiger charge is -2.07. The molecule has 0 unspecified atom stereocenters. The fourth-order valence-electron chi connectivity index (χ4n) is 2.17. The van der Waals surface area contributed by atoms with E-state index in [4.69, 9.17) is 11.6 Å². The van der Waals surface area contributed by atoms with E-state index in [2.05, 4.69) is 32.5 Å². The molecule has 5 heteroatoms. The van der Waals surface area contributed by atoms with E-state index in [0.717, 1.165) is 35.4 Å². The third-order valence-corrected chi connectivity index (χ3v) is 3.18. The molecule has 0 aliphatic heterocycles. The van der Waals surface area contributed by atoms with E-state index >= 15 is 0 Å². The number of nitrogens with zero attached hydrogens (tertiary/aromatic N) is 4. The Kier molecular flexibility index (Phi) is 3.17. The van der Waals surface area contributed by atoms with Crippen LogP contribution in [0.4, 0.5) is 0 Å². The number of aryl methyl sites for hydroxylation is 1. The van der Waals surface area contributed by atoms with Gasteiger partial charge in [0.25, 0.3) is 0 Å². The van der Waals surface area contributed by atoms with Crippen molar-refractivity contribution in [3.8, 4) is 11.4 Å². The third kappa shape index (κ3) is 2.19. The molecule has 19 heavy (non-hydrogen) atoms. The molecular weight excluding hydrogens is 260 g/mol. The van der Waals surface area contributed by atoms with Crippen molar-refractivity contribution in [3.05, 3.63) is 41.9 Å². The van der Waals surface area contributed by atoms with Crippen LogP contribution in [0.2, 0.25) is 5.28 Å². The summed E-state index contributed by atoms with van der Waals surface area (Å²) in [5, 5.41) is 0.252. The monoisotopic (exact) mass is 272 g/mol. The van der Waals surface area contributed by atoms with Crippen molar-refractivity contribution in [1.29, 1.82) is 0 Å². The number of imidazole rings is 1. The van der Waals surface area contributed by atoms with E-state index < -0.39 is 0 Å². The number of hydrogen-bond acceptors (Lipinski definition) is 3. The van der Waals surface area contributed by atoms with Crippen molar-refractivity contribution in [2.24, 2.45) is 0 Å². The van der Waals surface area contributed by atoms with Crippen LogP contribution >= 0.6 is 11.6 Å². The summed E-state index contributed by atoms with van der Waals surface area (Å²) in [6.07, 6.45) is 4.47. The van der Waals surface area contributed by atoms with Crippen molar-refractivity contribution >= 4 is 22.6 Å². The number of hydrogen-bond donors (Lipinski definition) is 0. The maximum absolute atomic E-state index is 5.73. The molecule has 0 atom stereocenters. The number of rotatable bonds is 3. The molecular formula is C14H13ClN4. The van der Waals surface area contributed by atoms with Crippen LogP contribution in [0.15, 0.2) is 36.7 Å². The maximum atomic E-state index is 5.73. The summed E-state index contributed by atoms with van der Waals surface area (Å²) in [7, 11) is 0. The zero-order valence-electron chi connectivity index (χ0n) is 10.5. The van der Waals surface area contributed by atoms with Gasteiger partial charge in [0.15, 0.2) is 0 Å². The van der Waals surface area contributed by atoms with Crippen LogP contribution in [-0.2, 0) is 6.54 Å². The maximum Gasteiger partial charge on any atom is 0.222 e. The van der Waals surface area contributed by atoms with Gasteiger partial charge in [-0.05, 0) is 30.2 Å². The smallest absolute Gasteiger partial charge is 0.222 e. The zero-order valence-corrected chi connectivity index (χ0v) is 11.3. The Morgan fingerprint density at radius 3 is 2.63 bits per heavy atom. The van der Waals surface area contributed by atoms with Crippen LogP contribution in [-0.4, -0.2) is 19.5 Å². The second-order valence-electron chi connectivity index (χ2n) is 4.32. The van der Waals surface area contributed by atoms with Gasteiger partial charge in [-0.15, -0.1) is 0 Å². The number of fused-ring (bicyclic) bond motifs is 1. The van der Waals surface area contributed by atoms with Crippen LogP contribution < -0.4 is 0 Å². The van der Waals surface area contributed by atoms with Crippen LogP contribution in [0.3, 0.4) is 0 Å². The molecule has 1 aromatic carbocycles. The second kappa shape index (κ2) is 4.97. The van der Waals surface area contributed by atoms with Gasteiger partial charge < -0.3 is 4.57 Å². The van der Waals surface area contributed by atoms with E-state index in [-0.39, 0.29) is 5.28 Å². The van der Waals surface area contributed by atoms with Gasteiger partial charge in [0.2, 0.25) is 5.28 Å². The molecule has 4 nitrogen and oxygen atoms in total. The molecule has 0 bridgehead atoms. The largest absolute Gasteiger partial charge is 0.324 e. The van der Waals surface area contributed by atoms with Crippen molar-refractivity contribution in [1.82, 2.24) is 19.5 Å². The fourth-order valence-corrected chi connectivity index (χ4v) is 2.27. The Balaban J connectivity index is 2.21. The first-order valence-corrected chi connectivity index (χ1v) is 6.60. The lowest BCUT2D eigenvalue weighted by atomic mass is 10.3. The van der Waals surface area contributed by atoms with E-state index in [1.807, 2.05) is 18.2 Å². The van der Waals surface area contributed by atoms with Crippen LogP contribution in [0.5, 0.6) is 0 Å². The Hall–Kier alpha value is -1.94. The van der Waals surface area contributed by atoms with Gasteiger partial charge in [-0.25, -0.2) is 15.0 Å². The Morgan fingerprint density at radius 1 is 1.16 bits per heavy atom. The Bertz CT molecular complexity index is 703. The Labute approximate surface area is 116 Å². The van der Waals surface area contributed by atoms with Crippen LogP contribution in [0.25, 0.3) is 22.4 Å². The van der Waals surface area contributed by atoms with Gasteiger partial charge in [0, 0.05) is 18.9 Å². The summed E-state index contributed by atoms with van der Waals surface area (Å²) in [4.78, 5) is 12.7. The molecule has 0 fully saturated rings. The van der Waals surface area contributed by atoms with E-state index in [1.54, 1.807) is 12.4 Å². The average molecular weight is 273 g/mol. The standard InChI is InChI=1S/C14H13ClN4/c1-2-7-19-12-6-4-3-5-11(12)18-13(19)10-8-16-14(15)17-9-10/h3-6,8-9H,2,7H2,1H3. The molecule has 2 heterocycles. The molecule has 0 aliphatic rings. The summed E-state index contributed by atoms with van der Waals surface area (Å²) < 4.78 is 2.20. The molecule has 0 spiro atoms. The SMILES string of the molecule is CCCn1c(-c2cnc(Cl)nc2)nc2ccccc21. The normalized spacial score (nSPS) is 11.1. The molecule has 3 rings (SSSR count). The summed E-state index contributed by atoms with van der Waals surface area (Å²) >= 11 is 5.73. The predicted octanol–water partition coefficient (Wildman–Crippen LogP) is 3.56. The molecule has 0 radical (unpaired) electrons. The van der Waals surface area contributed by atoms with Crippen LogP contribution in [0.1, 0.15) is 13.3 Å². The minimum atomic E-state index is 0.252. The summed E-state index contributed by atoms with van der Waals surface area (Å²) in [5.74, 6) is 0.889. The first kappa shape index (κ1) is 12.1. The van der Waals surface area contributed by atoms with Crippen molar-refractivity contribution in [2.45, 2.75) is 19.9 Å². The van der Waals surface area contributed by atoms with Gasteiger partial charge in [-0.3, -0.25) is 0 Å². The molecule has 2 aromatic heterocycles. The summed E-state index contributed by atoms with van der Waals surface area (Å²) in [6, 6.07) is 8.12. The number of benzene rings is 1. The minimum Gasteiger partial charge on any atom is -0.324 e. The topological polar surface area (TPSA) is 43.6 Å². The molecule has 0 saturated carbocycles. The second-order valence-corrected chi connectivity index (χ2v) is 4.65. The average Bonchev–Trinajstić information content (AvgIpc) is 2.79. The highest BCUT2D eigenvalue weighted by Crippen LogP contribution is 2.24. The summed E-state index contributed by atoms with van der Waals surface area (Å²) in [5.41, 5.74) is 3.00. The lowest BCUT2D eigenvalue weighted by Crippen LogP contribution is -2.00. The van der Waals surface area contributed by atoms with Crippen molar-refractivity contribution in [2.75, 3.05) is 0 Å². The number of para-hydroxylation sites is 2. The highest BCUT2D eigenvalue weighted by Gasteiger charge is 2.12. The molecule has 96 valence electrons. The fraction of sp³-hybridized carbons (Fsp3) is 0.214. The zero-order chi connectivity index (χ0) is 13.2. The lowest BCUT2D eigenvalue weighted by molar-refractivity contribution is 0.703. The van der Waals surface area contributed by atoms with Gasteiger partial charge in [0.1, 0.15) is 5.82 Å². The highest BCUT2D eigenvalue weighted by molar-refractivity contribution is 6.28. The molecule has 0 N–H and O–H groups in total. The highest BCUT2D eigenvalue weighted by atomic mass is 35.5. The van der Waals surface area contributed by atoms with Gasteiger partial charge in [0.05, 0.1) is 16.6 Å². The van der Waals surface area contributed by atoms with Crippen molar-refractivity contribution in [3.63, 3.8) is 0 Å². The molecule has 3 aromatic rings. The number of aromatic nitrogens is 4. The van der Waals surface area contributed by atoms with Gasteiger partial charge in [-0.1, -0.05) is 19.1 Å².